The van der Waals surface area contributed by atoms with Crippen LogP contribution < -0.4 is 11.5 Å². The first-order valence-electron chi connectivity index (χ1n) is 5.83. The molecule has 3 heteroatoms. The normalized spacial score (nSPS) is 26.6. The van der Waals surface area contributed by atoms with Crippen LogP contribution in [0.15, 0.2) is 30.5 Å². The van der Waals surface area contributed by atoms with Crippen molar-refractivity contribution in [2.75, 3.05) is 0 Å². The molecule has 1 aromatic heterocycles. The Balaban J connectivity index is 1.93. The molecular formula is C13H17N3. The van der Waals surface area contributed by atoms with Crippen molar-refractivity contribution in [2.24, 2.45) is 17.4 Å². The smallest absolute Gasteiger partial charge is 0.0457 e. The molecule has 2 aromatic rings. The SMILES string of the molecule is NC1CC(C(N)c2c[nH]c3ccccc23)C1. The molecule has 0 radical (unpaired) electrons. The summed E-state index contributed by atoms with van der Waals surface area (Å²) in [5.41, 5.74) is 14.5. The van der Waals surface area contributed by atoms with Gasteiger partial charge < -0.3 is 16.5 Å². The first-order chi connectivity index (χ1) is 7.75. The molecule has 0 bridgehead atoms. The third-order valence-corrected chi connectivity index (χ3v) is 3.70. The minimum absolute atomic E-state index is 0.121. The Morgan fingerprint density at radius 3 is 2.75 bits per heavy atom. The summed E-state index contributed by atoms with van der Waals surface area (Å²) in [6, 6.07) is 8.78. The molecule has 3 rings (SSSR count). The molecule has 1 aliphatic carbocycles. The summed E-state index contributed by atoms with van der Waals surface area (Å²) >= 11 is 0. The lowest BCUT2D eigenvalue weighted by atomic mass is 9.74. The number of nitrogens with one attached hydrogen (secondary N) is 1. The minimum Gasteiger partial charge on any atom is -0.361 e. The van der Waals surface area contributed by atoms with Gasteiger partial charge in [-0.25, -0.2) is 0 Å². The maximum Gasteiger partial charge on any atom is 0.0457 e. The largest absolute Gasteiger partial charge is 0.361 e. The molecule has 0 amide bonds. The number of aromatic nitrogens is 1. The molecule has 1 atom stereocenters. The third-order valence-electron chi connectivity index (χ3n) is 3.70. The van der Waals surface area contributed by atoms with Gasteiger partial charge in [-0.3, -0.25) is 0 Å². The Morgan fingerprint density at radius 1 is 1.25 bits per heavy atom. The number of benzene rings is 1. The zero-order chi connectivity index (χ0) is 11.1. The van der Waals surface area contributed by atoms with Crippen LogP contribution in [0.4, 0.5) is 0 Å². The Hall–Kier alpha value is -1.32. The third kappa shape index (κ3) is 1.44. The highest BCUT2D eigenvalue weighted by Crippen LogP contribution is 2.37. The quantitative estimate of drug-likeness (QED) is 0.716. The summed E-state index contributed by atoms with van der Waals surface area (Å²) in [4.78, 5) is 3.27. The number of fused-ring (bicyclic) bond motifs is 1. The molecule has 1 saturated carbocycles. The van der Waals surface area contributed by atoms with Crippen molar-refractivity contribution in [3.8, 4) is 0 Å². The topological polar surface area (TPSA) is 67.8 Å². The fourth-order valence-electron chi connectivity index (χ4n) is 2.63. The second kappa shape index (κ2) is 3.61. The van der Waals surface area contributed by atoms with Crippen LogP contribution in [0, 0.1) is 5.92 Å². The predicted octanol–water partition coefficient (Wildman–Crippen LogP) is 1.90. The molecule has 1 fully saturated rings. The standard InChI is InChI=1S/C13H17N3/c14-9-5-8(6-9)13(15)11-7-16-12-4-2-1-3-10(11)12/h1-4,7-9,13,16H,5-6,14-15H2. The predicted molar refractivity (Wildman–Crippen MR) is 65.9 cm³/mol. The van der Waals surface area contributed by atoms with E-state index in [0.717, 1.165) is 18.4 Å². The maximum atomic E-state index is 6.30. The van der Waals surface area contributed by atoms with E-state index in [2.05, 4.69) is 23.2 Å². The van der Waals surface area contributed by atoms with Crippen molar-refractivity contribution in [1.29, 1.82) is 0 Å². The first kappa shape index (κ1) is 9.87. The summed E-state index contributed by atoms with van der Waals surface area (Å²) in [5, 5.41) is 1.25. The molecule has 1 heterocycles. The highest BCUT2D eigenvalue weighted by Gasteiger charge is 2.32. The molecule has 1 aliphatic rings. The van der Waals surface area contributed by atoms with E-state index in [1.807, 2.05) is 12.3 Å². The Kier molecular flexibility index (Phi) is 2.23. The Morgan fingerprint density at radius 2 is 2.00 bits per heavy atom. The van der Waals surface area contributed by atoms with Gasteiger partial charge in [-0.1, -0.05) is 18.2 Å². The van der Waals surface area contributed by atoms with Crippen LogP contribution >= 0.6 is 0 Å². The lowest BCUT2D eigenvalue weighted by Crippen LogP contribution is -2.41. The molecule has 1 unspecified atom stereocenters. The molecular weight excluding hydrogens is 198 g/mol. The van der Waals surface area contributed by atoms with Crippen LogP contribution in [0.3, 0.4) is 0 Å². The van der Waals surface area contributed by atoms with Crippen molar-refractivity contribution in [2.45, 2.75) is 24.9 Å². The van der Waals surface area contributed by atoms with Crippen LogP contribution in [-0.2, 0) is 0 Å². The maximum absolute atomic E-state index is 6.30. The fourth-order valence-corrected chi connectivity index (χ4v) is 2.63. The van der Waals surface area contributed by atoms with Crippen LogP contribution in [0.5, 0.6) is 0 Å². The fraction of sp³-hybridized carbons (Fsp3) is 0.385. The Bertz CT molecular complexity index is 497. The van der Waals surface area contributed by atoms with Crippen molar-refractivity contribution >= 4 is 10.9 Å². The molecule has 0 spiro atoms. The van der Waals surface area contributed by atoms with Gasteiger partial charge in [0.1, 0.15) is 0 Å². The highest BCUT2D eigenvalue weighted by molar-refractivity contribution is 5.83. The highest BCUT2D eigenvalue weighted by atomic mass is 14.8. The zero-order valence-corrected chi connectivity index (χ0v) is 9.19. The van der Waals surface area contributed by atoms with Gasteiger partial charge in [0.25, 0.3) is 0 Å². The van der Waals surface area contributed by atoms with Gasteiger partial charge in [0.2, 0.25) is 0 Å². The van der Waals surface area contributed by atoms with Crippen molar-refractivity contribution in [3.63, 3.8) is 0 Å². The van der Waals surface area contributed by atoms with Gasteiger partial charge in [0.15, 0.2) is 0 Å². The summed E-state index contributed by atoms with van der Waals surface area (Å²) in [5.74, 6) is 0.550. The number of hydrogen-bond acceptors (Lipinski definition) is 2. The van der Waals surface area contributed by atoms with Crippen LogP contribution in [-0.4, -0.2) is 11.0 Å². The second-order valence-corrected chi connectivity index (χ2v) is 4.81. The van der Waals surface area contributed by atoms with Crippen molar-refractivity contribution < 1.29 is 0 Å². The van der Waals surface area contributed by atoms with E-state index in [1.54, 1.807) is 0 Å². The molecule has 3 nitrogen and oxygen atoms in total. The molecule has 84 valence electrons. The summed E-state index contributed by atoms with van der Waals surface area (Å²) < 4.78 is 0. The average molecular weight is 215 g/mol. The average Bonchev–Trinajstić information content (AvgIpc) is 2.67. The zero-order valence-electron chi connectivity index (χ0n) is 9.19. The lowest BCUT2D eigenvalue weighted by molar-refractivity contribution is 0.224. The number of aromatic amines is 1. The molecule has 16 heavy (non-hydrogen) atoms. The number of nitrogens with two attached hydrogens (primary N) is 2. The molecule has 0 saturated heterocycles. The van der Waals surface area contributed by atoms with E-state index >= 15 is 0 Å². The number of H-pyrrole nitrogens is 1. The number of rotatable bonds is 2. The molecule has 1 aromatic carbocycles. The van der Waals surface area contributed by atoms with E-state index in [4.69, 9.17) is 11.5 Å². The second-order valence-electron chi connectivity index (χ2n) is 4.81. The molecule has 0 aliphatic heterocycles. The first-order valence-corrected chi connectivity index (χ1v) is 5.83. The summed E-state index contributed by atoms with van der Waals surface area (Å²) in [7, 11) is 0. The molecule has 5 N–H and O–H groups in total. The van der Waals surface area contributed by atoms with Gasteiger partial charge in [0, 0.05) is 29.2 Å². The number of hydrogen-bond donors (Lipinski definition) is 3. The van der Waals surface area contributed by atoms with Gasteiger partial charge in [-0.05, 0) is 30.4 Å². The van der Waals surface area contributed by atoms with Crippen LogP contribution in [0.1, 0.15) is 24.4 Å². The summed E-state index contributed by atoms with van der Waals surface area (Å²) in [6.07, 6.45) is 4.15. The van der Waals surface area contributed by atoms with E-state index in [0.29, 0.717) is 12.0 Å². The van der Waals surface area contributed by atoms with Crippen LogP contribution in [0.25, 0.3) is 10.9 Å². The Labute approximate surface area is 94.8 Å². The van der Waals surface area contributed by atoms with E-state index < -0.39 is 0 Å². The number of para-hydroxylation sites is 1. The van der Waals surface area contributed by atoms with Gasteiger partial charge in [-0.15, -0.1) is 0 Å². The van der Waals surface area contributed by atoms with Gasteiger partial charge in [-0.2, -0.15) is 0 Å². The van der Waals surface area contributed by atoms with E-state index in [1.165, 1.54) is 10.9 Å². The lowest BCUT2D eigenvalue weighted by Gasteiger charge is -2.36. The van der Waals surface area contributed by atoms with E-state index in [9.17, 15) is 0 Å². The van der Waals surface area contributed by atoms with Crippen LogP contribution in [0.2, 0.25) is 0 Å². The minimum atomic E-state index is 0.121. The van der Waals surface area contributed by atoms with Crippen molar-refractivity contribution in [1.82, 2.24) is 4.98 Å². The van der Waals surface area contributed by atoms with Gasteiger partial charge in [0.05, 0.1) is 0 Å². The van der Waals surface area contributed by atoms with Gasteiger partial charge >= 0.3 is 0 Å². The van der Waals surface area contributed by atoms with E-state index in [-0.39, 0.29) is 6.04 Å². The summed E-state index contributed by atoms with van der Waals surface area (Å²) in [6.45, 7) is 0. The van der Waals surface area contributed by atoms with Crippen molar-refractivity contribution in [3.05, 3.63) is 36.0 Å². The monoisotopic (exact) mass is 215 g/mol.